The summed E-state index contributed by atoms with van der Waals surface area (Å²) in [6.07, 6.45) is 5.77. The fraction of sp³-hybridized carbons (Fsp3) is 0.895. The van der Waals surface area contributed by atoms with Gasteiger partial charge < -0.3 is 31.9 Å². The van der Waals surface area contributed by atoms with Crippen LogP contribution in [0.5, 0.6) is 0 Å². The number of carbonyl (C=O) groups excluding carboxylic acids is 4. The largest absolute Gasteiger partial charge is 0.455 e. The van der Waals surface area contributed by atoms with E-state index in [-0.39, 0.29) is 83.4 Å². The molecular weight excluding hydrogens is 745 g/mol. The highest BCUT2D eigenvalue weighted by Gasteiger charge is 2.67. The Morgan fingerprint density at radius 3 is 1.45 bits per heavy atom. The first kappa shape index (κ1) is 41.6. The monoisotopic (exact) mass is 810 g/mol. The van der Waals surface area contributed by atoms with Crippen LogP contribution in [-0.2, 0) is 51.1 Å². The van der Waals surface area contributed by atoms with Crippen molar-refractivity contribution in [2.24, 2.45) is 47.3 Å². The Morgan fingerprint density at radius 1 is 0.566 bits per heavy atom. The molecule has 0 aromatic carbocycles. The molecule has 4 saturated carbocycles. The zero-order valence-electron chi connectivity index (χ0n) is 33.9. The third-order valence-electron chi connectivity index (χ3n) is 13.7. The Bertz CT molecular complexity index is 1400. The molecule has 4 bridgehead atoms. The number of cyclic esters (lactones) is 4. The van der Waals surface area contributed by atoms with E-state index >= 15 is 0 Å². The van der Waals surface area contributed by atoms with Gasteiger partial charge in [0.2, 0.25) is 0 Å². The van der Waals surface area contributed by atoms with E-state index in [0.29, 0.717) is 37.5 Å². The normalized spacial score (nSPS) is 34.8. The summed E-state index contributed by atoms with van der Waals surface area (Å²) in [5.74, 6) is -1.05. The number of rotatable bonds is 20. The fourth-order valence-electron chi connectivity index (χ4n) is 11.8. The lowest BCUT2D eigenvalue weighted by molar-refractivity contribution is -0.156. The van der Waals surface area contributed by atoms with E-state index in [1.807, 2.05) is 6.92 Å². The molecule has 12 unspecified atom stereocenters. The summed E-state index contributed by atoms with van der Waals surface area (Å²) in [6.45, 7) is 24.9. The van der Waals surface area contributed by atoms with Gasteiger partial charge in [0.1, 0.15) is 0 Å². The van der Waals surface area contributed by atoms with Crippen molar-refractivity contribution in [3.63, 3.8) is 0 Å². The first-order valence-electron chi connectivity index (χ1n) is 20.4. The standard InChI is InChI=1S/C38H66O11Si4/c1-23(21-43-13-11-15-50(3,4)48-52(7,8)29-19-25-17-27(29)33-31(25)35(39)46-37(33)41)45-22-24(2)44-14-12-16-51(5,6)49-53(9,10)30-20-26-18-28(30)34-32(26)36(40)47-38(34)42/h23-34H,11-22H2,1-10H3. The molecule has 4 aliphatic carbocycles. The minimum Gasteiger partial charge on any atom is -0.455 e. The molecule has 0 aromatic rings. The van der Waals surface area contributed by atoms with Crippen molar-refractivity contribution >= 4 is 57.1 Å². The van der Waals surface area contributed by atoms with Crippen LogP contribution < -0.4 is 0 Å². The van der Waals surface area contributed by atoms with Crippen LogP contribution in [0.3, 0.4) is 0 Å². The molecule has 6 aliphatic rings. The number of ether oxygens (including phenoxy) is 5. The van der Waals surface area contributed by atoms with Crippen molar-refractivity contribution in [2.45, 2.75) is 140 Å². The SMILES string of the molecule is CC(COCCC[Si](C)(C)O[Si](C)(C)C1CC2CC1C1C(=O)OC(=O)C21)OCC(C)OCCC[Si](C)(C)O[Si](C)(C)C1CC2CC1C1C(=O)OC(=O)C21. The van der Waals surface area contributed by atoms with E-state index in [1.165, 1.54) is 0 Å². The van der Waals surface area contributed by atoms with Crippen LogP contribution in [0.15, 0.2) is 0 Å². The highest BCUT2D eigenvalue weighted by Crippen LogP contribution is 2.64. The molecule has 0 radical (unpaired) electrons. The molecular formula is C38H66O11Si4. The molecule has 300 valence electrons. The molecule has 0 N–H and O–H groups in total. The third-order valence-corrected chi connectivity index (χ3v) is 30.4. The van der Waals surface area contributed by atoms with E-state index in [2.05, 4.69) is 59.3 Å². The lowest BCUT2D eigenvalue weighted by Gasteiger charge is -2.42. The third kappa shape index (κ3) is 8.92. The summed E-state index contributed by atoms with van der Waals surface area (Å²) < 4.78 is 42.3. The maximum atomic E-state index is 12.4. The highest BCUT2D eigenvalue weighted by atomic mass is 28.4. The zero-order chi connectivity index (χ0) is 38.7. The van der Waals surface area contributed by atoms with Crippen LogP contribution in [0.25, 0.3) is 0 Å². The van der Waals surface area contributed by atoms with Crippen molar-refractivity contribution in [3.8, 4) is 0 Å². The van der Waals surface area contributed by atoms with Gasteiger partial charge in [0.15, 0.2) is 33.3 Å². The summed E-state index contributed by atoms with van der Waals surface area (Å²) in [5, 5.41) is 0. The van der Waals surface area contributed by atoms with Crippen LogP contribution >= 0.6 is 0 Å². The number of esters is 4. The van der Waals surface area contributed by atoms with E-state index in [1.54, 1.807) is 0 Å². The molecule has 53 heavy (non-hydrogen) atoms. The van der Waals surface area contributed by atoms with Crippen molar-refractivity contribution < 1.29 is 51.1 Å². The Balaban J connectivity index is 0.813. The molecule has 2 heterocycles. The first-order chi connectivity index (χ1) is 24.7. The van der Waals surface area contributed by atoms with Gasteiger partial charge in [0, 0.05) is 13.2 Å². The summed E-state index contributed by atoms with van der Waals surface area (Å²) in [6, 6.07) is 2.03. The average Bonchev–Trinajstić information content (AvgIpc) is 3.88. The van der Waals surface area contributed by atoms with Crippen molar-refractivity contribution in [3.05, 3.63) is 0 Å². The highest BCUT2D eigenvalue weighted by molar-refractivity contribution is 6.86. The number of fused-ring (bicyclic) bond motifs is 10. The van der Waals surface area contributed by atoms with Gasteiger partial charge in [-0.2, -0.15) is 0 Å². The summed E-state index contributed by atoms with van der Waals surface area (Å²) in [4.78, 5) is 49.3. The summed E-state index contributed by atoms with van der Waals surface area (Å²) in [7, 11) is -8.05. The minimum absolute atomic E-state index is 0.0120. The second-order valence-electron chi connectivity index (χ2n) is 19.6. The van der Waals surface area contributed by atoms with Crippen LogP contribution in [0.2, 0.25) is 75.5 Å². The molecule has 6 fully saturated rings. The van der Waals surface area contributed by atoms with Crippen LogP contribution in [0.4, 0.5) is 0 Å². The maximum Gasteiger partial charge on any atom is 0.317 e. The molecule has 2 aliphatic heterocycles. The van der Waals surface area contributed by atoms with E-state index in [0.717, 1.165) is 50.6 Å². The first-order valence-corrected chi connectivity index (χ1v) is 32.6. The zero-order valence-corrected chi connectivity index (χ0v) is 37.9. The topological polar surface area (TPSA) is 133 Å². The lowest BCUT2D eigenvalue weighted by atomic mass is 9.81. The van der Waals surface area contributed by atoms with Crippen LogP contribution in [0.1, 0.15) is 52.4 Å². The fourth-order valence-corrected chi connectivity index (χ4v) is 31.7. The van der Waals surface area contributed by atoms with Gasteiger partial charge in [-0.1, -0.05) is 0 Å². The molecule has 12 atom stereocenters. The predicted molar refractivity (Wildman–Crippen MR) is 209 cm³/mol. The Kier molecular flexibility index (Phi) is 12.3. The predicted octanol–water partition coefficient (Wildman–Crippen LogP) is 6.90. The Morgan fingerprint density at radius 2 is 0.981 bits per heavy atom. The van der Waals surface area contributed by atoms with Crippen molar-refractivity contribution in [1.82, 2.24) is 0 Å². The van der Waals surface area contributed by atoms with Crippen LogP contribution in [0, 0.1) is 47.3 Å². The lowest BCUT2D eigenvalue weighted by Crippen LogP contribution is -2.50. The van der Waals surface area contributed by atoms with Crippen LogP contribution in [-0.4, -0.2) is 95.8 Å². The number of hydrogen-bond acceptors (Lipinski definition) is 11. The molecule has 0 amide bonds. The average molecular weight is 811 g/mol. The molecule has 6 rings (SSSR count). The number of hydrogen-bond donors (Lipinski definition) is 0. The van der Waals surface area contributed by atoms with Gasteiger partial charge in [0.05, 0.1) is 49.1 Å². The molecule has 15 heteroatoms. The van der Waals surface area contributed by atoms with Gasteiger partial charge >= 0.3 is 23.9 Å². The maximum absolute atomic E-state index is 12.4. The molecule has 2 saturated heterocycles. The van der Waals surface area contributed by atoms with Gasteiger partial charge in [0.25, 0.3) is 0 Å². The van der Waals surface area contributed by atoms with E-state index in [4.69, 9.17) is 31.9 Å². The molecule has 0 spiro atoms. The van der Waals surface area contributed by atoms with Crippen molar-refractivity contribution in [2.75, 3.05) is 26.4 Å². The molecule has 11 nitrogen and oxygen atoms in total. The second kappa shape index (κ2) is 15.7. The number of carbonyl (C=O) groups is 4. The minimum atomic E-state index is -2.08. The van der Waals surface area contributed by atoms with Gasteiger partial charge in [-0.25, -0.2) is 0 Å². The van der Waals surface area contributed by atoms with E-state index in [9.17, 15) is 19.2 Å². The quantitative estimate of drug-likeness (QED) is 0.0551. The van der Waals surface area contributed by atoms with Gasteiger partial charge in [-0.05, 0) is 152 Å². The molecule has 0 aromatic heterocycles. The van der Waals surface area contributed by atoms with Gasteiger partial charge in [-0.15, -0.1) is 0 Å². The second-order valence-corrected chi connectivity index (χ2v) is 37.2. The van der Waals surface area contributed by atoms with Crippen molar-refractivity contribution in [1.29, 1.82) is 0 Å². The van der Waals surface area contributed by atoms with E-state index < -0.39 is 33.3 Å². The Hall–Kier alpha value is -1.05. The Labute approximate surface area is 321 Å². The van der Waals surface area contributed by atoms with Gasteiger partial charge in [-0.3, -0.25) is 19.2 Å². The summed E-state index contributed by atoms with van der Waals surface area (Å²) >= 11 is 0. The summed E-state index contributed by atoms with van der Waals surface area (Å²) in [5.41, 5.74) is 0.803. The smallest absolute Gasteiger partial charge is 0.317 e.